The molecule has 2 heterocycles. The molecule has 13 nitrogen and oxygen atoms in total. The van der Waals surface area contributed by atoms with E-state index in [1.165, 1.54) is 18.2 Å². The van der Waals surface area contributed by atoms with Crippen LogP contribution in [0, 0.1) is 5.82 Å². The van der Waals surface area contributed by atoms with Crippen LogP contribution >= 0.6 is 27.7 Å². The van der Waals surface area contributed by atoms with E-state index in [4.69, 9.17) is 13.9 Å². The first-order valence-electron chi connectivity index (χ1n) is 11.4. The molecule has 0 saturated heterocycles. The first-order chi connectivity index (χ1) is 18.0. The van der Waals surface area contributed by atoms with Gasteiger partial charge >= 0.3 is 11.8 Å². The Morgan fingerprint density at radius 2 is 2.00 bits per heavy atom. The normalized spacial score (nSPS) is 12.2. The minimum absolute atomic E-state index is 0.0278. The zero-order chi connectivity index (χ0) is 27.9. The van der Waals surface area contributed by atoms with Gasteiger partial charge in [-0.3, -0.25) is 9.32 Å². The van der Waals surface area contributed by atoms with Crippen LogP contribution in [0.25, 0.3) is 17.2 Å². The summed E-state index contributed by atoms with van der Waals surface area (Å²) in [6, 6.07) is 3.15. The highest BCUT2D eigenvalue weighted by Gasteiger charge is 2.25. The second-order valence-electron chi connectivity index (χ2n) is 8.87. The Balaban J connectivity index is 1.63. The van der Waals surface area contributed by atoms with Gasteiger partial charge in [0.1, 0.15) is 17.5 Å². The lowest BCUT2D eigenvalue weighted by Gasteiger charge is -2.23. The molecule has 3 aromatic rings. The van der Waals surface area contributed by atoms with Crippen molar-refractivity contribution in [3.05, 3.63) is 39.0 Å². The number of ether oxygens (including phenoxy) is 1. The van der Waals surface area contributed by atoms with Gasteiger partial charge in [-0.25, -0.2) is 23.2 Å². The zero-order valence-electron chi connectivity index (χ0n) is 21.0. The summed E-state index contributed by atoms with van der Waals surface area (Å²) in [5.74, 6) is -0.951. The number of rotatable bonds is 11. The SMILES string of the molecule is CSCC[C@H](NC(=O)OC(C)(C)C)C(=O)NCCNc1nonc1-c1noc(=O)n1-c1ccc(F)c(Br)c1. The molecule has 38 heavy (non-hydrogen) atoms. The molecule has 0 spiro atoms. The number of nitrogens with zero attached hydrogens (tertiary/aromatic N) is 4. The fraction of sp³-hybridized carbons (Fsp3) is 0.455. The molecule has 2 aromatic heterocycles. The Hall–Kier alpha value is -3.40. The molecule has 16 heteroatoms. The number of thioether (sulfide) groups is 1. The quantitative estimate of drug-likeness (QED) is 0.271. The summed E-state index contributed by atoms with van der Waals surface area (Å²) >= 11 is 4.63. The largest absolute Gasteiger partial charge is 0.446 e. The molecule has 0 bridgehead atoms. The number of alkyl carbamates (subject to hydrolysis) is 1. The standard InChI is InChI=1S/C22H27BrFN7O6S/c1-22(2,3)35-20(33)27-15(7-10-38-4)19(32)26-9-8-25-17-16(28-37-29-17)18-30-36-21(34)31(18)12-5-6-14(24)13(23)11-12/h5-6,11,15H,7-10H2,1-4H3,(H,25,29)(H,26,32)(H,27,33)/t15-/m0/s1. The fourth-order valence-electron chi connectivity index (χ4n) is 3.15. The van der Waals surface area contributed by atoms with E-state index >= 15 is 0 Å². The molecule has 206 valence electrons. The highest BCUT2D eigenvalue weighted by atomic mass is 79.9. The summed E-state index contributed by atoms with van der Waals surface area (Å²) in [5.41, 5.74) is -0.360. The third-order valence-electron chi connectivity index (χ3n) is 4.80. The monoisotopic (exact) mass is 615 g/mol. The van der Waals surface area contributed by atoms with E-state index in [2.05, 4.69) is 47.4 Å². The van der Waals surface area contributed by atoms with Gasteiger partial charge < -0.3 is 20.7 Å². The van der Waals surface area contributed by atoms with E-state index in [0.29, 0.717) is 12.2 Å². The van der Waals surface area contributed by atoms with E-state index in [0.717, 1.165) is 4.57 Å². The minimum Gasteiger partial charge on any atom is -0.444 e. The number of aromatic nitrogens is 4. The van der Waals surface area contributed by atoms with Gasteiger partial charge in [0.2, 0.25) is 17.5 Å². The second kappa shape index (κ2) is 12.9. The summed E-state index contributed by atoms with van der Waals surface area (Å²) in [7, 11) is 0. The van der Waals surface area contributed by atoms with E-state index in [1.807, 2.05) is 6.26 Å². The van der Waals surface area contributed by atoms with Crippen LogP contribution in [0.3, 0.4) is 0 Å². The topological polar surface area (TPSA) is 166 Å². The van der Waals surface area contributed by atoms with Crippen molar-refractivity contribution >= 4 is 45.5 Å². The van der Waals surface area contributed by atoms with Gasteiger partial charge in [0, 0.05) is 13.1 Å². The summed E-state index contributed by atoms with van der Waals surface area (Å²) < 4.78 is 29.7. The Kier molecular flexibility index (Phi) is 9.90. The maximum Gasteiger partial charge on any atom is 0.446 e. The molecule has 3 N–H and O–H groups in total. The Bertz CT molecular complexity index is 1320. The Morgan fingerprint density at radius 1 is 1.24 bits per heavy atom. The number of anilines is 1. The zero-order valence-corrected chi connectivity index (χ0v) is 23.4. The average molecular weight is 616 g/mol. The molecule has 0 radical (unpaired) electrons. The molecular weight excluding hydrogens is 589 g/mol. The second-order valence-corrected chi connectivity index (χ2v) is 10.7. The van der Waals surface area contributed by atoms with Crippen LogP contribution in [0.1, 0.15) is 27.2 Å². The smallest absolute Gasteiger partial charge is 0.444 e. The highest BCUT2D eigenvalue weighted by molar-refractivity contribution is 9.10. The first-order valence-corrected chi connectivity index (χ1v) is 13.6. The number of hydrogen-bond donors (Lipinski definition) is 3. The molecule has 2 amide bonds. The number of benzene rings is 1. The van der Waals surface area contributed by atoms with E-state index in [-0.39, 0.29) is 46.5 Å². The minimum atomic E-state index is -0.825. The summed E-state index contributed by atoms with van der Waals surface area (Å²) in [6.45, 7) is 5.56. The van der Waals surface area contributed by atoms with Gasteiger partial charge in [-0.1, -0.05) is 5.16 Å². The molecule has 1 aromatic carbocycles. The lowest BCUT2D eigenvalue weighted by molar-refractivity contribution is -0.123. The van der Waals surface area contributed by atoms with Crippen molar-refractivity contribution in [2.24, 2.45) is 0 Å². The molecule has 0 unspecified atom stereocenters. The van der Waals surface area contributed by atoms with Gasteiger partial charge in [-0.2, -0.15) is 11.8 Å². The first kappa shape index (κ1) is 29.2. The average Bonchev–Trinajstić information content (AvgIpc) is 3.46. The van der Waals surface area contributed by atoms with Crippen molar-refractivity contribution in [2.75, 3.05) is 30.4 Å². The number of amides is 2. The highest BCUT2D eigenvalue weighted by Crippen LogP contribution is 2.26. The Morgan fingerprint density at radius 3 is 2.68 bits per heavy atom. The molecule has 1 atom stereocenters. The molecular formula is C22H27BrFN7O6S. The van der Waals surface area contributed by atoms with Crippen LogP contribution in [-0.4, -0.2) is 68.8 Å². The van der Waals surface area contributed by atoms with Crippen molar-refractivity contribution < 1.29 is 27.9 Å². The van der Waals surface area contributed by atoms with Gasteiger partial charge in [0.25, 0.3) is 0 Å². The number of carbonyl (C=O) groups excluding carboxylic acids is 2. The van der Waals surface area contributed by atoms with Gasteiger partial charge in [0.15, 0.2) is 5.69 Å². The Labute approximate surface area is 229 Å². The predicted molar refractivity (Wildman–Crippen MR) is 141 cm³/mol. The van der Waals surface area contributed by atoms with Crippen molar-refractivity contribution in [2.45, 2.75) is 38.8 Å². The van der Waals surface area contributed by atoms with Gasteiger partial charge in [-0.15, -0.1) is 0 Å². The van der Waals surface area contributed by atoms with Crippen molar-refractivity contribution in [3.63, 3.8) is 0 Å². The summed E-state index contributed by atoms with van der Waals surface area (Å²) in [5, 5.41) is 19.6. The molecule has 0 aliphatic carbocycles. The number of hydrogen-bond acceptors (Lipinski definition) is 11. The predicted octanol–water partition coefficient (Wildman–Crippen LogP) is 2.95. The van der Waals surface area contributed by atoms with E-state index < -0.39 is 29.3 Å². The molecule has 0 aliphatic heterocycles. The number of halogens is 2. The van der Waals surface area contributed by atoms with Crippen molar-refractivity contribution in [1.82, 2.24) is 30.7 Å². The molecule has 3 rings (SSSR count). The van der Waals surface area contributed by atoms with Crippen LogP contribution in [0.5, 0.6) is 0 Å². The number of nitrogens with one attached hydrogen (secondary N) is 3. The number of carbonyl (C=O) groups is 2. The third kappa shape index (κ3) is 7.80. The van der Waals surface area contributed by atoms with Crippen LogP contribution in [0.2, 0.25) is 0 Å². The lowest BCUT2D eigenvalue weighted by Crippen LogP contribution is -2.49. The van der Waals surface area contributed by atoms with Crippen LogP contribution in [0.15, 0.2) is 36.6 Å². The molecule has 0 aliphatic rings. The van der Waals surface area contributed by atoms with Crippen molar-refractivity contribution in [1.29, 1.82) is 0 Å². The maximum absolute atomic E-state index is 13.7. The van der Waals surface area contributed by atoms with E-state index in [1.54, 1.807) is 32.5 Å². The maximum atomic E-state index is 13.7. The third-order valence-corrected chi connectivity index (χ3v) is 6.05. The van der Waals surface area contributed by atoms with Crippen LogP contribution in [0.4, 0.5) is 15.0 Å². The molecule has 0 saturated carbocycles. The van der Waals surface area contributed by atoms with Crippen LogP contribution < -0.4 is 21.7 Å². The van der Waals surface area contributed by atoms with Gasteiger partial charge in [-0.05, 0) is 83.6 Å². The van der Waals surface area contributed by atoms with Crippen LogP contribution in [-0.2, 0) is 9.53 Å². The van der Waals surface area contributed by atoms with Crippen molar-refractivity contribution in [3.8, 4) is 17.2 Å². The lowest BCUT2D eigenvalue weighted by atomic mass is 10.2. The summed E-state index contributed by atoms with van der Waals surface area (Å²) in [6.07, 6.45) is 1.64. The summed E-state index contributed by atoms with van der Waals surface area (Å²) in [4.78, 5) is 37.2. The van der Waals surface area contributed by atoms with E-state index in [9.17, 15) is 18.8 Å². The fourth-order valence-corrected chi connectivity index (χ4v) is 3.98. The van der Waals surface area contributed by atoms with Gasteiger partial charge in [0.05, 0.1) is 10.2 Å². The molecule has 0 fully saturated rings.